The van der Waals surface area contributed by atoms with Gasteiger partial charge in [-0.2, -0.15) is 0 Å². The fourth-order valence-corrected chi connectivity index (χ4v) is 1.74. The molecule has 0 radical (unpaired) electrons. The predicted octanol–water partition coefficient (Wildman–Crippen LogP) is 2.10. The summed E-state index contributed by atoms with van der Waals surface area (Å²) in [6.07, 6.45) is -0.436. The van der Waals surface area contributed by atoms with E-state index >= 15 is 0 Å². The molecule has 7 nitrogen and oxygen atoms in total. The van der Waals surface area contributed by atoms with Crippen LogP contribution in [0.25, 0.3) is 0 Å². The third-order valence-electron chi connectivity index (χ3n) is 2.70. The Morgan fingerprint density at radius 2 is 1.82 bits per heavy atom. The average Bonchev–Trinajstić information content (AvgIpc) is 2.44. The van der Waals surface area contributed by atoms with Crippen LogP contribution in [0.4, 0.5) is 10.5 Å². The Labute approximate surface area is 129 Å². The number of nitrogens with one attached hydrogen (secondary N) is 2. The van der Waals surface area contributed by atoms with E-state index in [0.717, 1.165) is 5.56 Å². The minimum absolute atomic E-state index is 0.248. The van der Waals surface area contributed by atoms with Gasteiger partial charge >= 0.3 is 12.1 Å². The summed E-state index contributed by atoms with van der Waals surface area (Å²) in [4.78, 5) is 23.6. The van der Waals surface area contributed by atoms with Crippen molar-refractivity contribution < 1.29 is 24.3 Å². The number of rotatable bonds is 5. The molecule has 1 unspecified atom stereocenters. The van der Waals surface area contributed by atoms with Crippen LogP contribution in [0.1, 0.15) is 26.3 Å². The molecule has 3 N–H and O–H groups in total. The summed E-state index contributed by atoms with van der Waals surface area (Å²) in [6, 6.07) is 5.90. The number of hydrogen-bond donors (Lipinski definition) is 3. The lowest BCUT2D eigenvalue weighted by atomic mass is 10.1. The van der Waals surface area contributed by atoms with Gasteiger partial charge in [0.25, 0.3) is 0 Å². The third-order valence-corrected chi connectivity index (χ3v) is 2.70. The highest BCUT2D eigenvalue weighted by Crippen LogP contribution is 2.12. The maximum absolute atomic E-state index is 11.8. The van der Waals surface area contributed by atoms with Crippen molar-refractivity contribution in [1.82, 2.24) is 5.32 Å². The van der Waals surface area contributed by atoms with Crippen molar-refractivity contribution in [2.45, 2.75) is 38.8 Å². The first-order chi connectivity index (χ1) is 10.2. The van der Waals surface area contributed by atoms with E-state index in [2.05, 4.69) is 5.32 Å². The second-order valence-corrected chi connectivity index (χ2v) is 5.73. The summed E-state index contributed by atoms with van der Waals surface area (Å²) in [7, 11) is 1.25. The monoisotopic (exact) mass is 310 g/mol. The van der Waals surface area contributed by atoms with E-state index in [9.17, 15) is 9.59 Å². The Bertz CT molecular complexity index is 508. The first-order valence-corrected chi connectivity index (χ1v) is 6.81. The smallest absolute Gasteiger partial charge is 0.408 e. The Hall–Kier alpha value is -2.28. The molecular weight excluding hydrogens is 288 g/mol. The van der Waals surface area contributed by atoms with E-state index < -0.39 is 23.7 Å². The lowest BCUT2D eigenvalue weighted by Crippen LogP contribution is -2.45. The standard InChI is InChI=1S/C15H22N2O5/c1-15(2,3)22-14(19)16-12(13(18)21-4)9-10-5-7-11(17-20)8-6-10/h5-8,12,17,20H,9H2,1-4H3,(H,16,19). The number of esters is 1. The van der Waals surface area contributed by atoms with Crippen LogP contribution in [0.5, 0.6) is 0 Å². The molecule has 0 bridgehead atoms. The van der Waals surface area contributed by atoms with Crippen molar-refractivity contribution in [3.63, 3.8) is 0 Å². The number of carbonyl (C=O) groups excluding carboxylic acids is 2. The number of alkyl carbamates (subject to hydrolysis) is 1. The minimum Gasteiger partial charge on any atom is -0.467 e. The molecule has 1 amide bonds. The lowest BCUT2D eigenvalue weighted by molar-refractivity contribution is -0.143. The van der Waals surface area contributed by atoms with Gasteiger partial charge in [0, 0.05) is 6.42 Å². The molecule has 1 atom stereocenters. The second kappa shape index (κ2) is 7.65. The molecule has 7 heteroatoms. The highest BCUT2D eigenvalue weighted by molar-refractivity contribution is 5.81. The van der Waals surface area contributed by atoms with Gasteiger partial charge < -0.3 is 14.8 Å². The Morgan fingerprint density at radius 1 is 1.23 bits per heavy atom. The Kier molecular flexibility index (Phi) is 6.18. The molecule has 22 heavy (non-hydrogen) atoms. The van der Waals surface area contributed by atoms with Crippen LogP contribution in [0.15, 0.2) is 24.3 Å². The zero-order valence-corrected chi connectivity index (χ0v) is 13.2. The van der Waals surface area contributed by atoms with E-state index in [-0.39, 0.29) is 6.42 Å². The van der Waals surface area contributed by atoms with Gasteiger partial charge in [-0.1, -0.05) is 12.1 Å². The van der Waals surface area contributed by atoms with Gasteiger partial charge in [-0.15, -0.1) is 0 Å². The molecule has 0 spiro atoms. The van der Waals surface area contributed by atoms with Crippen LogP contribution in [-0.2, 0) is 20.7 Å². The number of amides is 1. The number of methoxy groups -OCH3 is 1. The minimum atomic E-state index is -0.854. The van der Waals surface area contributed by atoms with Crippen LogP contribution < -0.4 is 10.8 Å². The molecule has 0 aromatic heterocycles. The molecule has 0 saturated heterocycles. The number of anilines is 1. The normalized spacial score (nSPS) is 12.2. The van der Waals surface area contributed by atoms with Crippen LogP contribution in [0.3, 0.4) is 0 Å². The van der Waals surface area contributed by atoms with Crippen LogP contribution in [0, 0.1) is 0 Å². The highest BCUT2D eigenvalue weighted by Gasteiger charge is 2.25. The van der Waals surface area contributed by atoms with Gasteiger partial charge in [0.05, 0.1) is 12.8 Å². The van der Waals surface area contributed by atoms with Gasteiger partial charge in [0.2, 0.25) is 0 Å². The average molecular weight is 310 g/mol. The van der Waals surface area contributed by atoms with Crippen molar-refractivity contribution in [1.29, 1.82) is 0 Å². The number of ether oxygens (including phenoxy) is 2. The molecule has 0 aliphatic rings. The summed E-state index contributed by atoms with van der Waals surface area (Å²) in [5, 5.41) is 11.3. The SMILES string of the molecule is COC(=O)C(Cc1ccc(NO)cc1)NC(=O)OC(C)(C)C. The van der Waals surface area contributed by atoms with E-state index in [4.69, 9.17) is 14.7 Å². The van der Waals surface area contributed by atoms with Crippen molar-refractivity contribution in [2.75, 3.05) is 12.6 Å². The van der Waals surface area contributed by atoms with E-state index in [1.807, 2.05) is 5.48 Å². The zero-order valence-electron chi connectivity index (χ0n) is 13.2. The van der Waals surface area contributed by atoms with E-state index in [0.29, 0.717) is 5.69 Å². The van der Waals surface area contributed by atoms with Crippen molar-refractivity contribution in [3.05, 3.63) is 29.8 Å². The number of carbonyl (C=O) groups is 2. The van der Waals surface area contributed by atoms with Gasteiger partial charge in [-0.05, 0) is 38.5 Å². The zero-order chi connectivity index (χ0) is 16.8. The maximum atomic E-state index is 11.8. The fraction of sp³-hybridized carbons (Fsp3) is 0.467. The fourth-order valence-electron chi connectivity index (χ4n) is 1.74. The summed E-state index contributed by atoms with van der Waals surface area (Å²) in [5.74, 6) is -0.560. The highest BCUT2D eigenvalue weighted by atomic mass is 16.6. The summed E-state index contributed by atoms with van der Waals surface area (Å²) >= 11 is 0. The molecular formula is C15H22N2O5. The largest absolute Gasteiger partial charge is 0.467 e. The first kappa shape index (κ1) is 17.8. The van der Waals surface area contributed by atoms with Gasteiger partial charge in [-0.3, -0.25) is 10.7 Å². The molecule has 0 heterocycles. The molecule has 0 aliphatic carbocycles. The number of hydrogen-bond acceptors (Lipinski definition) is 6. The van der Waals surface area contributed by atoms with Crippen LogP contribution in [0.2, 0.25) is 0 Å². The van der Waals surface area contributed by atoms with Gasteiger partial charge in [0.1, 0.15) is 11.6 Å². The van der Waals surface area contributed by atoms with Crippen LogP contribution in [-0.4, -0.2) is 36.0 Å². The van der Waals surface area contributed by atoms with Gasteiger partial charge in [-0.25, -0.2) is 9.59 Å². The molecule has 1 rings (SSSR count). The maximum Gasteiger partial charge on any atom is 0.408 e. The molecule has 0 saturated carbocycles. The Morgan fingerprint density at radius 3 is 2.27 bits per heavy atom. The number of benzene rings is 1. The predicted molar refractivity (Wildman–Crippen MR) is 80.7 cm³/mol. The summed E-state index contributed by atoms with van der Waals surface area (Å²) < 4.78 is 9.84. The van der Waals surface area contributed by atoms with Crippen molar-refractivity contribution in [3.8, 4) is 0 Å². The van der Waals surface area contributed by atoms with Crippen molar-refractivity contribution in [2.24, 2.45) is 0 Å². The topological polar surface area (TPSA) is 96.9 Å². The summed E-state index contributed by atoms with van der Waals surface area (Å²) in [6.45, 7) is 5.21. The molecule has 1 aromatic carbocycles. The van der Waals surface area contributed by atoms with E-state index in [1.165, 1.54) is 7.11 Å². The first-order valence-electron chi connectivity index (χ1n) is 6.81. The molecule has 0 fully saturated rings. The summed E-state index contributed by atoms with van der Waals surface area (Å²) in [5.41, 5.74) is 2.69. The van der Waals surface area contributed by atoms with Crippen molar-refractivity contribution >= 4 is 17.7 Å². The van der Waals surface area contributed by atoms with Gasteiger partial charge in [0.15, 0.2) is 0 Å². The Balaban J connectivity index is 2.75. The molecule has 1 aromatic rings. The van der Waals surface area contributed by atoms with E-state index in [1.54, 1.807) is 45.0 Å². The second-order valence-electron chi connectivity index (χ2n) is 5.73. The third kappa shape index (κ3) is 6.01. The van der Waals surface area contributed by atoms with Crippen LogP contribution >= 0.6 is 0 Å². The molecule has 122 valence electrons. The quantitative estimate of drug-likeness (QED) is 0.569. The molecule has 0 aliphatic heterocycles. The lowest BCUT2D eigenvalue weighted by Gasteiger charge is -2.22.